The van der Waals surface area contributed by atoms with Crippen LogP contribution in [0.3, 0.4) is 0 Å². The van der Waals surface area contributed by atoms with Gasteiger partial charge in [0, 0.05) is 17.5 Å². The van der Waals surface area contributed by atoms with Crippen LogP contribution in [0.1, 0.15) is 36.2 Å². The number of benzene rings is 2. The minimum absolute atomic E-state index is 0.111. The number of cyclic esters (lactones) is 1. The minimum atomic E-state index is -0.341. The van der Waals surface area contributed by atoms with E-state index in [-0.39, 0.29) is 37.7 Å². The SMILES string of the molecule is COc1ccc(-c2cccc3c2COC3=O)c(OCCOC(=O)CC(C)C)c1OC. The molecule has 0 bridgehead atoms. The van der Waals surface area contributed by atoms with E-state index in [4.69, 9.17) is 23.7 Å². The molecule has 1 heterocycles. The fraction of sp³-hybridized carbons (Fsp3) is 0.391. The normalized spacial score (nSPS) is 12.4. The molecule has 30 heavy (non-hydrogen) atoms. The Morgan fingerprint density at radius 3 is 2.47 bits per heavy atom. The van der Waals surface area contributed by atoms with Crippen LogP contribution in [-0.4, -0.2) is 39.4 Å². The van der Waals surface area contributed by atoms with Crippen LogP contribution < -0.4 is 14.2 Å². The molecule has 0 unspecified atom stereocenters. The maximum absolute atomic E-state index is 12.0. The lowest BCUT2D eigenvalue weighted by atomic mass is 9.95. The van der Waals surface area contributed by atoms with E-state index >= 15 is 0 Å². The van der Waals surface area contributed by atoms with Crippen molar-refractivity contribution in [2.24, 2.45) is 5.92 Å². The molecule has 0 spiro atoms. The number of hydrogen-bond donors (Lipinski definition) is 0. The quantitative estimate of drug-likeness (QED) is 0.453. The average Bonchev–Trinajstić information content (AvgIpc) is 3.11. The van der Waals surface area contributed by atoms with Gasteiger partial charge in [-0.1, -0.05) is 26.0 Å². The zero-order valence-electron chi connectivity index (χ0n) is 17.7. The summed E-state index contributed by atoms with van der Waals surface area (Å²) in [6.45, 7) is 4.37. The lowest BCUT2D eigenvalue weighted by Crippen LogP contribution is -2.14. The molecule has 1 aliphatic heterocycles. The van der Waals surface area contributed by atoms with Crippen molar-refractivity contribution >= 4 is 11.9 Å². The fourth-order valence-corrected chi connectivity index (χ4v) is 3.35. The smallest absolute Gasteiger partial charge is 0.338 e. The van der Waals surface area contributed by atoms with Gasteiger partial charge in [0.1, 0.15) is 19.8 Å². The van der Waals surface area contributed by atoms with Gasteiger partial charge in [0.15, 0.2) is 11.5 Å². The zero-order valence-corrected chi connectivity index (χ0v) is 17.7. The van der Waals surface area contributed by atoms with E-state index in [0.717, 1.165) is 16.7 Å². The molecule has 7 heteroatoms. The van der Waals surface area contributed by atoms with E-state index in [1.807, 2.05) is 26.0 Å². The van der Waals surface area contributed by atoms with Gasteiger partial charge >= 0.3 is 11.9 Å². The Bertz CT molecular complexity index is 933. The first-order valence-corrected chi connectivity index (χ1v) is 9.79. The Morgan fingerprint density at radius 2 is 1.77 bits per heavy atom. The van der Waals surface area contributed by atoms with Crippen LogP contribution in [0.15, 0.2) is 30.3 Å². The molecule has 7 nitrogen and oxygen atoms in total. The monoisotopic (exact) mass is 414 g/mol. The fourth-order valence-electron chi connectivity index (χ4n) is 3.35. The van der Waals surface area contributed by atoms with E-state index < -0.39 is 0 Å². The molecular formula is C23H26O7. The van der Waals surface area contributed by atoms with Gasteiger partial charge < -0.3 is 23.7 Å². The van der Waals surface area contributed by atoms with E-state index in [2.05, 4.69) is 0 Å². The summed E-state index contributed by atoms with van der Waals surface area (Å²) in [6, 6.07) is 9.07. The van der Waals surface area contributed by atoms with Gasteiger partial charge in [-0.25, -0.2) is 4.79 Å². The highest BCUT2D eigenvalue weighted by Gasteiger charge is 2.27. The third kappa shape index (κ3) is 4.50. The molecular weight excluding hydrogens is 388 g/mol. The van der Waals surface area contributed by atoms with Gasteiger partial charge in [-0.2, -0.15) is 0 Å². The predicted molar refractivity (Wildman–Crippen MR) is 110 cm³/mol. The summed E-state index contributed by atoms with van der Waals surface area (Å²) in [5.74, 6) is 1.01. The number of carbonyl (C=O) groups excluding carboxylic acids is 2. The molecule has 0 amide bonds. The van der Waals surface area contributed by atoms with Crippen molar-refractivity contribution in [3.8, 4) is 28.4 Å². The van der Waals surface area contributed by atoms with Crippen molar-refractivity contribution in [3.05, 3.63) is 41.5 Å². The molecule has 0 fully saturated rings. The summed E-state index contributed by atoms with van der Waals surface area (Å²) in [5.41, 5.74) is 2.88. The van der Waals surface area contributed by atoms with Gasteiger partial charge in [-0.3, -0.25) is 4.79 Å². The number of fused-ring (bicyclic) bond motifs is 1. The summed E-state index contributed by atoms with van der Waals surface area (Å²) in [5, 5.41) is 0. The highest BCUT2D eigenvalue weighted by molar-refractivity contribution is 5.96. The largest absolute Gasteiger partial charge is 0.493 e. The third-order valence-electron chi connectivity index (χ3n) is 4.70. The maximum atomic E-state index is 12.0. The van der Waals surface area contributed by atoms with Crippen molar-refractivity contribution in [2.45, 2.75) is 26.9 Å². The highest BCUT2D eigenvalue weighted by Crippen LogP contribution is 2.46. The molecule has 0 aliphatic carbocycles. The predicted octanol–water partition coefficient (Wildman–Crippen LogP) is 4.01. The van der Waals surface area contributed by atoms with Crippen LogP contribution in [-0.2, 0) is 20.9 Å². The topological polar surface area (TPSA) is 80.3 Å². The maximum Gasteiger partial charge on any atom is 0.338 e. The molecule has 1 aliphatic rings. The first-order valence-electron chi connectivity index (χ1n) is 9.79. The van der Waals surface area contributed by atoms with Crippen molar-refractivity contribution in [1.29, 1.82) is 0 Å². The molecule has 0 atom stereocenters. The standard InChI is InChI=1S/C23H26O7/c1-14(2)12-20(24)28-10-11-29-21-16(8-9-19(26-3)22(21)27-4)15-6-5-7-17-18(15)13-30-23(17)25/h5-9,14H,10-13H2,1-4H3. The second kappa shape index (κ2) is 9.52. The number of hydrogen-bond acceptors (Lipinski definition) is 7. The van der Waals surface area contributed by atoms with Crippen molar-refractivity contribution in [2.75, 3.05) is 27.4 Å². The first kappa shape index (κ1) is 21.5. The Hall–Kier alpha value is -3.22. The summed E-state index contributed by atoms with van der Waals surface area (Å²) in [6.07, 6.45) is 0.359. The van der Waals surface area contributed by atoms with Crippen molar-refractivity contribution in [1.82, 2.24) is 0 Å². The molecule has 3 rings (SSSR count). The van der Waals surface area contributed by atoms with Crippen LogP contribution in [0.5, 0.6) is 17.2 Å². The Morgan fingerprint density at radius 1 is 1.00 bits per heavy atom. The lowest BCUT2D eigenvalue weighted by Gasteiger charge is -2.19. The molecule has 2 aromatic rings. The van der Waals surface area contributed by atoms with Crippen LogP contribution in [0.4, 0.5) is 0 Å². The summed E-state index contributed by atoms with van der Waals surface area (Å²) in [7, 11) is 3.07. The van der Waals surface area contributed by atoms with E-state index in [1.54, 1.807) is 25.3 Å². The molecule has 0 saturated carbocycles. The van der Waals surface area contributed by atoms with Crippen molar-refractivity contribution in [3.63, 3.8) is 0 Å². The van der Waals surface area contributed by atoms with E-state index in [9.17, 15) is 9.59 Å². The Kier molecular flexibility index (Phi) is 6.82. The highest BCUT2D eigenvalue weighted by atomic mass is 16.6. The van der Waals surface area contributed by atoms with Gasteiger partial charge in [0.25, 0.3) is 0 Å². The number of carbonyl (C=O) groups is 2. The van der Waals surface area contributed by atoms with E-state index in [0.29, 0.717) is 29.2 Å². The second-order valence-corrected chi connectivity index (χ2v) is 7.25. The number of esters is 2. The van der Waals surface area contributed by atoms with E-state index in [1.165, 1.54) is 7.11 Å². The Balaban J connectivity index is 1.90. The Labute approximate surface area is 175 Å². The van der Waals surface area contributed by atoms with Crippen LogP contribution in [0, 0.1) is 5.92 Å². The second-order valence-electron chi connectivity index (χ2n) is 7.25. The third-order valence-corrected chi connectivity index (χ3v) is 4.70. The molecule has 0 N–H and O–H groups in total. The molecule has 0 saturated heterocycles. The molecule has 160 valence electrons. The molecule has 0 radical (unpaired) electrons. The summed E-state index contributed by atoms with van der Waals surface area (Å²) in [4.78, 5) is 23.7. The van der Waals surface area contributed by atoms with Crippen molar-refractivity contribution < 1.29 is 33.3 Å². The van der Waals surface area contributed by atoms with Crippen LogP contribution in [0.25, 0.3) is 11.1 Å². The number of methoxy groups -OCH3 is 2. The van der Waals surface area contributed by atoms with Crippen LogP contribution in [0.2, 0.25) is 0 Å². The van der Waals surface area contributed by atoms with Gasteiger partial charge in [0.05, 0.1) is 19.8 Å². The summed E-state index contributed by atoms with van der Waals surface area (Å²) >= 11 is 0. The summed E-state index contributed by atoms with van der Waals surface area (Å²) < 4.78 is 27.4. The number of ether oxygens (including phenoxy) is 5. The van der Waals surface area contributed by atoms with Crippen LogP contribution >= 0.6 is 0 Å². The van der Waals surface area contributed by atoms with Gasteiger partial charge in [0.2, 0.25) is 5.75 Å². The number of rotatable bonds is 9. The van der Waals surface area contributed by atoms with Gasteiger partial charge in [-0.15, -0.1) is 0 Å². The average molecular weight is 414 g/mol. The lowest BCUT2D eigenvalue weighted by molar-refractivity contribution is -0.145. The molecule has 2 aromatic carbocycles. The van der Waals surface area contributed by atoms with Gasteiger partial charge in [-0.05, 0) is 29.7 Å². The molecule has 0 aromatic heterocycles. The zero-order chi connectivity index (χ0) is 21.7. The minimum Gasteiger partial charge on any atom is -0.493 e. The first-order chi connectivity index (χ1) is 14.5.